The van der Waals surface area contributed by atoms with Crippen LogP contribution in [-0.2, 0) is 4.74 Å². The average molecular weight is 343 g/mol. The van der Waals surface area contributed by atoms with Crippen molar-refractivity contribution in [3.05, 3.63) is 28.7 Å². The molecule has 0 aliphatic carbocycles. The van der Waals surface area contributed by atoms with Gasteiger partial charge in [0.1, 0.15) is 12.4 Å². The number of benzene rings is 1. The zero-order valence-electron chi connectivity index (χ0n) is 12.0. The number of nitrogens with one attached hydrogen (secondary N) is 1. The number of halogens is 1. The topological polar surface area (TPSA) is 33.7 Å². The molecule has 0 spiro atoms. The molecule has 1 heterocycles. The molecule has 0 amide bonds. The molecule has 0 aromatic heterocycles. The SMILES string of the molecule is CCNCC1COCCN1CCOc1ccc(Br)cc1. The van der Waals surface area contributed by atoms with Crippen molar-refractivity contribution in [1.82, 2.24) is 10.2 Å². The first kappa shape index (κ1) is 15.8. The van der Waals surface area contributed by atoms with Crippen molar-refractivity contribution in [3.63, 3.8) is 0 Å². The van der Waals surface area contributed by atoms with Gasteiger partial charge in [-0.2, -0.15) is 0 Å². The van der Waals surface area contributed by atoms with Crippen LogP contribution in [0.15, 0.2) is 28.7 Å². The summed E-state index contributed by atoms with van der Waals surface area (Å²) in [5, 5.41) is 3.39. The van der Waals surface area contributed by atoms with Gasteiger partial charge in [0.05, 0.1) is 13.2 Å². The summed E-state index contributed by atoms with van der Waals surface area (Å²) in [5.74, 6) is 0.921. The first-order valence-electron chi connectivity index (χ1n) is 7.20. The molecule has 20 heavy (non-hydrogen) atoms. The lowest BCUT2D eigenvalue weighted by Crippen LogP contribution is -2.51. The van der Waals surface area contributed by atoms with E-state index in [1.165, 1.54) is 0 Å². The van der Waals surface area contributed by atoms with Crippen LogP contribution in [0.1, 0.15) is 6.92 Å². The van der Waals surface area contributed by atoms with Crippen molar-refractivity contribution in [2.75, 3.05) is 46.0 Å². The van der Waals surface area contributed by atoms with Crippen LogP contribution in [-0.4, -0.2) is 56.9 Å². The van der Waals surface area contributed by atoms with Crippen LogP contribution in [0, 0.1) is 0 Å². The largest absolute Gasteiger partial charge is 0.492 e. The van der Waals surface area contributed by atoms with Gasteiger partial charge in [-0.1, -0.05) is 22.9 Å². The zero-order valence-corrected chi connectivity index (χ0v) is 13.6. The highest BCUT2D eigenvalue weighted by Crippen LogP contribution is 2.16. The Hall–Kier alpha value is -0.620. The highest BCUT2D eigenvalue weighted by molar-refractivity contribution is 9.10. The smallest absolute Gasteiger partial charge is 0.119 e. The van der Waals surface area contributed by atoms with Crippen molar-refractivity contribution < 1.29 is 9.47 Å². The second-order valence-electron chi connectivity index (χ2n) is 4.87. The molecule has 1 atom stereocenters. The van der Waals surface area contributed by atoms with Crippen molar-refractivity contribution in [2.45, 2.75) is 13.0 Å². The number of hydrogen-bond acceptors (Lipinski definition) is 4. The monoisotopic (exact) mass is 342 g/mol. The predicted octanol–water partition coefficient (Wildman–Crippen LogP) is 2.14. The second kappa shape index (κ2) is 8.62. The van der Waals surface area contributed by atoms with Crippen LogP contribution in [0.4, 0.5) is 0 Å². The van der Waals surface area contributed by atoms with Gasteiger partial charge in [0.15, 0.2) is 0 Å². The maximum absolute atomic E-state index is 5.79. The molecule has 1 saturated heterocycles. The average Bonchev–Trinajstić information content (AvgIpc) is 2.48. The van der Waals surface area contributed by atoms with Crippen LogP contribution in [0.2, 0.25) is 0 Å². The molecule has 1 aromatic rings. The van der Waals surface area contributed by atoms with E-state index in [0.29, 0.717) is 12.6 Å². The number of hydrogen-bond donors (Lipinski definition) is 1. The number of nitrogens with zero attached hydrogens (tertiary/aromatic N) is 1. The third-order valence-corrected chi connectivity index (χ3v) is 3.97. The van der Waals surface area contributed by atoms with Crippen LogP contribution in [0.5, 0.6) is 5.75 Å². The quantitative estimate of drug-likeness (QED) is 0.823. The summed E-state index contributed by atoms with van der Waals surface area (Å²) >= 11 is 3.42. The van der Waals surface area contributed by atoms with E-state index in [4.69, 9.17) is 9.47 Å². The van der Waals surface area contributed by atoms with E-state index >= 15 is 0 Å². The summed E-state index contributed by atoms with van der Waals surface area (Å²) < 4.78 is 12.4. The van der Waals surface area contributed by atoms with Crippen molar-refractivity contribution >= 4 is 15.9 Å². The Bertz CT molecular complexity index is 386. The molecule has 1 fully saturated rings. The lowest BCUT2D eigenvalue weighted by Gasteiger charge is -2.35. The van der Waals surface area contributed by atoms with Gasteiger partial charge in [0, 0.05) is 30.1 Å². The third-order valence-electron chi connectivity index (χ3n) is 3.44. The van der Waals surface area contributed by atoms with Crippen molar-refractivity contribution in [2.24, 2.45) is 0 Å². The third kappa shape index (κ3) is 5.05. The molecule has 112 valence electrons. The molecular formula is C15H23BrN2O2. The van der Waals surface area contributed by atoms with Crippen LogP contribution >= 0.6 is 15.9 Å². The maximum atomic E-state index is 5.79. The number of rotatable bonds is 7. The van der Waals surface area contributed by atoms with Gasteiger partial charge in [-0.25, -0.2) is 0 Å². The van der Waals surface area contributed by atoms with Crippen LogP contribution < -0.4 is 10.1 Å². The fourth-order valence-electron chi connectivity index (χ4n) is 2.29. The Morgan fingerprint density at radius 3 is 2.95 bits per heavy atom. The minimum atomic E-state index is 0.456. The molecule has 1 aliphatic rings. The molecule has 0 radical (unpaired) electrons. The molecule has 1 N–H and O–H groups in total. The summed E-state index contributed by atoms with van der Waals surface area (Å²) in [6.07, 6.45) is 0. The Balaban J connectivity index is 1.74. The molecule has 1 aliphatic heterocycles. The molecule has 4 nitrogen and oxygen atoms in total. The molecule has 1 unspecified atom stereocenters. The Morgan fingerprint density at radius 2 is 2.20 bits per heavy atom. The fourth-order valence-corrected chi connectivity index (χ4v) is 2.56. The number of morpholine rings is 1. The Kier molecular flexibility index (Phi) is 6.79. The first-order valence-corrected chi connectivity index (χ1v) is 7.99. The van der Waals surface area contributed by atoms with E-state index in [-0.39, 0.29) is 0 Å². The number of ether oxygens (including phenoxy) is 2. The van der Waals surface area contributed by atoms with E-state index < -0.39 is 0 Å². The summed E-state index contributed by atoms with van der Waals surface area (Å²) in [4.78, 5) is 2.45. The van der Waals surface area contributed by atoms with E-state index in [9.17, 15) is 0 Å². The first-order chi connectivity index (χ1) is 9.79. The van der Waals surface area contributed by atoms with Gasteiger partial charge in [0.25, 0.3) is 0 Å². The van der Waals surface area contributed by atoms with Gasteiger partial charge in [0.2, 0.25) is 0 Å². The molecular weight excluding hydrogens is 320 g/mol. The normalized spacial score (nSPS) is 20.0. The summed E-state index contributed by atoms with van der Waals surface area (Å²) in [7, 11) is 0. The standard InChI is InChI=1S/C15H23BrN2O2/c1-2-17-11-14-12-19-9-7-18(14)8-10-20-15-5-3-13(16)4-6-15/h3-6,14,17H,2,7-12H2,1H3. The molecule has 5 heteroatoms. The minimum Gasteiger partial charge on any atom is -0.492 e. The minimum absolute atomic E-state index is 0.456. The Labute approximate surface area is 129 Å². The van der Waals surface area contributed by atoms with E-state index in [0.717, 1.165) is 49.6 Å². The summed E-state index contributed by atoms with van der Waals surface area (Å²) in [6.45, 7) is 8.38. The highest BCUT2D eigenvalue weighted by Gasteiger charge is 2.22. The molecule has 0 saturated carbocycles. The van der Waals surface area contributed by atoms with Gasteiger partial charge < -0.3 is 14.8 Å². The maximum Gasteiger partial charge on any atom is 0.119 e. The molecule has 2 rings (SSSR count). The summed E-state index contributed by atoms with van der Waals surface area (Å²) in [6, 6.07) is 8.42. The lowest BCUT2D eigenvalue weighted by atomic mass is 10.2. The number of likely N-dealkylation sites (N-methyl/N-ethyl adjacent to an activating group) is 1. The fraction of sp³-hybridized carbons (Fsp3) is 0.600. The van der Waals surface area contributed by atoms with Crippen LogP contribution in [0.25, 0.3) is 0 Å². The van der Waals surface area contributed by atoms with Gasteiger partial charge in [-0.05, 0) is 30.8 Å². The highest BCUT2D eigenvalue weighted by atomic mass is 79.9. The Morgan fingerprint density at radius 1 is 1.40 bits per heavy atom. The predicted molar refractivity (Wildman–Crippen MR) is 84.4 cm³/mol. The molecule has 1 aromatic carbocycles. The molecule has 0 bridgehead atoms. The van der Waals surface area contributed by atoms with Gasteiger partial charge >= 0.3 is 0 Å². The summed E-state index contributed by atoms with van der Waals surface area (Å²) in [5.41, 5.74) is 0. The van der Waals surface area contributed by atoms with E-state index in [1.807, 2.05) is 24.3 Å². The van der Waals surface area contributed by atoms with Crippen molar-refractivity contribution in [1.29, 1.82) is 0 Å². The van der Waals surface area contributed by atoms with Gasteiger partial charge in [-0.3, -0.25) is 4.90 Å². The van der Waals surface area contributed by atoms with Crippen LogP contribution in [0.3, 0.4) is 0 Å². The van der Waals surface area contributed by atoms with Gasteiger partial charge in [-0.15, -0.1) is 0 Å². The lowest BCUT2D eigenvalue weighted by molar-refractivity contribution is -0.0113. The second-order valence-corrected chi connectivity index (χ2v) is 5.79. The van der Waals surface area contributed by atoms with E-state index in [2.05, 4.69) is 33.1 Å². The van der Waals surface area contributed by atoms with E-state index in [1.54, 1.807) is 0 Å². The van der Waals surface area contributed by atoms with Crippen molar-refractivity contribution in [3.8, 4) is 5.75 Å². The zero-order chi connectivity index (χ0) is 14.2.